The highest BCUT2D eigenvalue weighted by Crippen LogP contribution is 2.21. The standard InChI is InChI=1S/C23H30N4O2/c1-17-9-8-12-27-13-18(25-21(17)27)14-29-20-11-7-6-10-19(20)22(28)24-15-23(2,3)16-26(4)5/h6-13H,14-16H2,1-5H3,(H,24,28). The number of hydrogen-bond donors (Lipinski definition) is 1. The van der Waals surface area contributed by atoms with Gasteiger partial charge in [-0.15, -0.1) is 0 Å². The molecule has 1 N–H and O–H groups in total. The number of imidazole rings is 1. The molecule has 0 radical (unpaired) electrons. The first-order valence-electron chi connectivity index (χ1n) is 9.83. The van der Waals surface area contributed by atoms with Crippen LogP contribution in [0, 0.1) is 12.3 Å². The number of fused-ring (bicyclic) bond motifs is 1. The van der Waals surface area contributed by atoms with Gasteiger partial charge in [-0.05, 0) is 50.2 Å². The summed E-state index contributed by atoms with van der Waals surface area (Å²) in [5, 5.41) is 3.05. The van der Waals surface area contributed by atoms with Crippen molar-refractivity contribution in [3.8, 4) is 5.75 Å². The number of carbonyl (C=O) groups excluding carboxylic acids is 1. The Morgan fingerprint density at radius 1 is 1.21 bits per heavy atom. The highest BCUT2D eigenvalue weighted by atomic mass is 16.5. The molecule has 0 aliphatic heterocycles. The summed E-state index contributed by atoms with van der Waals surface area (Å²) >= 11 is 0. The molecular formula is C23H30N4O2. The van der Waals surface area contributed by atoms with Gasteiger partial charge in [0.05, 0.1) is 11.3 Å². The van der Waals surface area contributed by atoms with E-state index in [4.69, 9.17) is 4.74 Å². The summed E-state index contributed by atoms with van der Waals surface area (Å²) in [7, 11) is 4.07. The van der Waals surface area contributed by atoms with Gasteiger partial charge in [0.2, 0.25) is 0 Å². The molecule has 0 fully saturated rings. The molecule has 2 heterocycles. The average molecular weight is 395 g/mol. The zero-order chi connectivity index (χ0) is 21.0. The van der Waals surface area contributed by atoms with E-state index < -0.39 is 0 Å². The zero-order valence-corrected chi connectivity index (χ0v) is 17.9. The molecule has 154 valence electrons. The first kappa shape index (κ1) is 20.9. The van der Waals surface area contributed by atoms with E-state index in [0.29, 0.717) is 24.5 Å². The van der Waals surface area contributed by atoms with E-state index in [2.05, 4.69) is 29.0 Å². The number of aromatic nitrogens is 2. The molecule has 0 atom stereocenters. The molecule has 0 spiro atoms. The van der Waals surface area contributed by atoms with E-state index in [0.717, 1.165) is 23.4 Å². The number of hydrogen-bond acceptors (Lipinski definition) is 4. The third kappa shape index (κ3) is 5.35. The predicted molar refractivity (Wildman–Crippen MR) is 115 cm³/mol. The lowest BCUT2D eigenvalue weighted by molar-refractivity contribution is 0.0924. The fourth-order valence-corrected chi connectivity index (χ4v) is 3.53. The first-order valence-corrected chi connectivity index (χ1v) is 9.83. The van der Waals surface area contributed by atoms with Crippen molar-refractivity contribution in [1.29, 1.82) is 0 Å². The van der Waals surface area contributed by atoms with Crippen molar-refractivity contribution in [1.82, 2.24) is 19.6 Å². The minimum absolute atomic E-state index is 0.0244. The molecule has 0 bridgehead atoms. The van der Waals surface area contributed by atoms with Gasteiger partial charge in [-0.25, -0.2) is 4.98 Å². The Hall–Kier alpha value is -2.86. The van der Waals surface area contributed by atoms with Gasteiger partial charge >= 0.3 is 0 Å². The lowest BCUT2D eigenvalue weighted by atomic mass is 9.93. The van der Waals surface area contributed by atoms with Crippen LogP contribution in [0.3, 0.4) is 0 Å². The van der Waals surface area contributed by atoms with Crippen LogP contribution in [0.25, 0.3) is 5.65 Å². The summed E-state index contributed by atoms with van der Waals surface area (Å²) in [5.74, 6) is 0.433. The maximum absolute atomic E-state index is 12.8. The number of carbonyl (C=O) groups is 1. The summed E-state index contributed by atoms with van der Waals surface area (Å²) in [5.41, 5.74) is 3.36. The van der Waals surface area contributed by atoms with Crippen LogP contribution in [0.2, 0.25) is 0 Å². The van der Waals surface area contributed by atoms with Crippen molar-refractivity contribution < 1.29 is 9.53 Å². The number of nitrogens with one attached hydrogen (secondary N) is 1. The van der Waals surface area contributed by atoms with Crippen molar-refractivity contribution >= 4 is 11.6 Å². The van der Waals surface area contributed by atoms with Gasteiger partial charge in [-0.2, -0.15) is 0 Å². The SMILES string of the molecule is Cc1cccn2cc(COc3ccccc3C(=O)NCC(C)(C)CN(C)C)nc12. The summed E-state index contributed by atoms with van der Waals surface area (Å²) < 4.78 is 7.95. The normalized spacial score (nSPS) is 11.8. The molecule has 3 rings (SSSR count). The molecule has 0 saturated carbocycles. The second kappa shape index (κ2) is 8.66. The van der Waals surface area contributed by atoms with Crippen molar-refractivity contribution in [2.75, 3.05) is 27.2 Å². The van der Waals surface area contributed by atoms with E-state index in [9.17, 15) is 4.79 Å². The van der Waals surface area contributed by atoms with Gasteiger partial charge in [-0.3, -0.25) is 4.79 Å². The summed E-state index contributed by atoms with van der Waals surface area (Å²) in [6.07, 6.45) is 3.92. The fraction of sp³-hybridized carbons (Fsp3) is 0.391. The quantitative estimate of drug-likeness (QED) is 0.635. The zero-order valence-electron chi connectivity index (χ0n) is 17.9. The molecule has 2 aromatic heterocycles. The molecular weight excluding hydrogens is 364 g/mol. The third-order valence-electron chi connectivity index (χ3n) is 4.71. The monoisotopic (exact) mass is 394 g/mol. The second-order valence-electron chi connectivity index (χ2n) is 8.52. The van der Waals surface area contributed by atoms with Crippen LogP contribution in [0.15, 0.2) is 48.8 Å². The van der Waals surface area contributed by atoms with Gasteiger partial charge in [0.15, 0.2) is 0 Å². The minimum Gasteiger partial charge on any atom is -0.486 e. The maximum atomic E-state index is 12.8. The van der Waals surface area contributed by atoms with E-state index in [1.807, 2.05) is 68.1 Å². The van der Waals surface area contributed by atoms with Crippen LogP contribution in [0.4, 0.5) is 0 Å². The fourth-order valence-electron chi connectivity index (χ4n) is 3.53. The van der Waals surface area contributed by atoms with Crippen LogP contribution < -0.4 is 10.1 Å². The molecule has 29 heavy (non-hydrogen) atoms. The van der Waals surface area contributed by atoms with Gasteiger partial charge in [-0.1, -0.05) is 32.0 Å². The van der Waals surface area contributed by atoms with Crippen molar-refractivity contribution in [3.05, 3.63) is 65.6 Å². The average Bonchev–Trinajstić information content (AvgIpc) is 3.08. The van der Waals surface area contributed by atoms with E-state index in [-0.39, 0.29) is 11.3 Å². The van der Waals surface area contributed by atoms with Gasteiger partial charge in [0.25, 0.3) is 5.91 Å². The van der Waals surface area contributed by atoms with Gasteiger partial charge in [0.1, 0.15) is 18.0 Å². The Morgan fingerprint density at radius 2 is 1.97 bits per heavy atom. The Kier molecular flexibility index (Phi) is 6.23. The van der Waals surface area contributed by atoms with Gasteiger partial charge in [0, 0.05) is 25.5 Å². The number of amides is 1. The summed E-state index contributed by atoms with van der Waals surface area (Å²) in [6.45, 7) is 8.09. The van der Waals surface area contributed by atoms with E-state index >= 15 is 0 Å². The second-order valence-corrected chi connectivity index (χ2v) is 8.52. The van der Waals surface area contributed by atoms with Crippen LogP contribution in [0.5, 0.6) is 5.75 Å². The number of para-hydroxylation sites is 1. The Balaban J connectivity index is 1.68. The number of nitrogens with zero attached hydrogens (tertiary/aromatic N) is 3. The molecule has 0 unspecified atom stereocenters. The topological polar surface area (TPSA) is 58.9 Å². The van der Waals surface area contributed by atoms with Crippen LogP contribution in [0.1, 0.15) is 35.5 Å². The summed E-state index contributed by atoms with van der Waals surface area (Å²) in [4.78, 5) is 19.5. The molecule has 6 heteroatoms. The first-order chi connectivity index (χ1) is 13.7. The number of ether oxygens (including phenoxy) is 1. The Bertz CT molecular complexity index is 991. The van der Waals surface area contributed by atoms with Crippen LogP contribution >= 0.6 is 0 Å². The smallest absolute Gasteiger partial charge is 0.255 e. The number of aryl methyl sites for hydroxylation is 1. The lowest BCUT2D eigenvalue weighted by Crippen LogP contribution is -2.40. The molecule has 6 nitrogen and oxygen atoms in total. The van der Waals surface area contributed by atoms with Crippen LogP contribution in [-0.2, 0) is 6.61 Å². The minimum atomic E-state index is -0.127. The molecule has 1 aromatic carbocycles. The molecule has 0 aliphatic rings. The van der Waals surface area contributed by atoms with Crippen molar-refractivity contribution in [3.63, 3.8) is 0 Å². The Morgan fingerprint density at radius 3 is 2.69 bits per heavy atom. The van der Waals surface area contributed by atoms with E-state index in [1.54, 1.807) is 6.07 Å². The number of benzene rings is 1. The molecule has 0 aliphatic carbocycles. The lowest BCUT2D eigenvalue weighted by Gasteiger charge is -2.28. The van der Waals surface area contributed by atoms with Gasteiger partial charge < -0.3 is 19.4 Å². The number of rotatable bonds is 8. The number of pyridine rings is 1. The molecule has 3 aromatic rings. The van der Waals surface area contributed by atoms with Crippen molar-refractivity contribution in [2.24, 2.45) is 5.41 Å². The third-order valence-corrected chi connectivity index (χ3v) is 4.71. The highest BCUT2D eigenvalue weighted by Gasteiger charge is 2.21. The van der Waals surface area contributed by atoms with E-state index in [1.165, 1.54) is 0 Å². The molecule has 0 saturated heterocycles. The highest BCUT2D eigenvalue weighted by molar-refractivity contribution is 5.96. The predicted octanol–water partition coefficient (Wildman–Crippen LogP) is 3.54. The Labute approximate surface area is 172 Å². The maximum Gasteiger partial charge on any atom is 0.255 e. The summed E-state index contributed by atoms with van der Waals surface area (Å²) in [6, 6.07) is 11.4. The van der Waals surface area contributed by atoms with Crippen LogP contribution in [-0.4, -0.2) is 47.4 Å². The molecule has 1 amide bonds. The largest absolute Gasteiger partial charge is 0.486 e. The van der Waals surface area contributed by atoms with Crippen molar-refractivity contribution in [2.45, 2.75) is 27.4 Å².